The Hall–Kier alpha value is -1.16. The lowest BCUT2D eigenvalue weighted by Crippen LogP contribution is -2.40. The van der Waals surface area contributed by atoms with E-state index in [-0.39, 0.29) is 29.8 Å². The summed E-state index contributed by atoms with van der Waals surface area (Å²) in [4.78, 5) is 26.9. The molecule has 2 bridgehead atoms. The average Bonchev–Trinajstić information content (AvgIpc) is 3.08. The number of rotatable bonds is 2. The summed E-state index contributed by atoms with van der Waals surface area (Å²) >= 11 is 0. The van der Waals surface area contributed by atoms with Gasteiger partial charge >= 0.3 is 0 Å². The second kappa shape index (κ2) is 3.73. The first-order valence-electron chi connectivity index (χ1n) is 7.91. The molecule has 0 unspecified atom stereocenters. The fourth-order valence-corrected chi connectivity index (χ4v) is 5.19. The summed E-state index contributed by atoms with van der Waals surface area (Å²) in [6.45, 7) is 1.25. The Morgan fingerprint density at radius 2 is 1.75 bits per heavy atom. The van der Waals surface area contributed by atoms with Crippen LogP contribution in [0.2, 0.25) is 0 Å². The number of likely N-dealkylation sites (tertiary alicyclic amines) is 1. The van der Waals surface area contributed by atoms with Crippen LogP contribution in [0.15, 0.2) is 12.2 Å². The first-order valence-corrected chi connectivity index (χ1v) is 7.91. The van der Waals surface area contributed by atoms with Crippen molar-refractivity contribution in [1.29, 1.82) is 0 Å². The molecule has 4 fully saturated rings. The molecule has 4 nitrogen and oxygen atoms in total. The summed E-state index contributed by atoms with van der Waals surface area (Å²) in [6, 6.07) is 0. The molecule has 0 radical (unpaired) electrons. The summed E-state index contributed by atoms with van der Waals surface area (Å²) < 4.78 is 5.60. The van der Waals surface area contributed by atoms with Crippen molar-refractivity contribution in [2.75, 3.05) is 13.2 Å². The zero-order valence-corrected chi connectivity index (χ0v) is 11.4. The number of nitrogens with zero attached hydrogens (tertiary/aromatic N) is 1. The van der Waals surface area contributed by atoms with Gasteiger partial charge in [0.2, 0.25) is 11.8 Å². The second-order valence-electron chi connectivity index (χ2n) is 7.08. The predicted octanol–water partition coefficient (Wildman–Crippen LogP) is 1.22. The van der Waals surface area contributed by atoms with Gasteiger partial charge in [-0.05, 0) is 42.9 Å². The summed E-state index contributed by atoms with van der Waals surface area (Å²) in [5, 5.41) is 0. The molecular weight excluding hydrogens is 254 g/mol. The fraction of sp³-hybridized carbons (Fsp3) is 0.750. The molecule has 2 saturated carbocycles. The quantitative estimate of drug-likeness (QED) is 0.561. The lowest BCUT2D eigenvalue weighted by atomic mass is 9.63. The van der Waals surface area contributed by atoms with E-state index in [1.807, 2.05) is 0 Å². The van der Waals surface area contributed by atoms with E-state index in [0.29, 0.717) is 30.2 Å². The van der Waals surface area contributed by atoms with E-state index in [9.17, 15) is 9.59 Å². The van der Waals surface area contributed by atoms with Crippen LogP contribution >= 0.6 is 0 Å². The molecule has 2 heterocycles. The lowest BCUT2D eigenvalue weighted by molar-refractivity contribution is -0.142. The van der Waals surface area contributed by atoms with Gasteiger partial charge in [-0.2, -0.15) is 0 Å². The second-order valence-corrected chi connectivity index (χ2v) is 7.08. The third-order valence-corrected chi connectivity index (χ3v) is 6.16. The fourth-order valence-electron chi connectivity index (χ4n) is 5.19. The molecule has 2 saturated heterocycles. The Bertz CT molecular complexity index is 486. The molecule has 7 atom stereocenters. The monoisotopic (exact) mass is 273 g/mol. The highest BCUT2D eigenvalue weighted by Crippen LogP contribution is 2.65. The van der Waals surface area contributed by atoms with Crippen LogP contribution in [0.4, 0.5) is 0 Å². The SMILES string of the molecule is O=C1[C@@H]2[C@@H]3C=C[C@@H]([C@@H]4C[C@H]34)[C@@H]2C(=O)N1C[C@H]1CCCO1. The molecular formula is C16H19NO3. The minimum Gasteiger partial charge on any atom is -0.376 e. The molecule has 6 aliphatic rings. The molecule has 0 aromatic carbocycles. The lowest BCUT2D eigenvalue weighted by Gasteiger charge is -2.37. The van der Waals surface area contributed by atoms with Gasteiger partial charge in [-0.15, -0.1) is 0 Å². The van der Waals surface area contributed by atoms with Gasteiger partial charge in [0, 0.05) is 6.61 Å². The highest BCUT2D eigenvalue weighted by molar-refractivity contribution is 6.06. The number of hydrogen-bond donors (Lipinski definition) is 0. The van der Waals surface area contributed by atoms with Gasteiger partial charge in [0.15, 0.2) is 0 Å². The van der Waals surface area contributed by atoms with Gasteiger partial charge < -0.3 is 4.74 Å². The molecule has 20 heavy (non-hydrogen) atoms. The van der Waals surface area contributed by atoms with Gasteiger partial charge in [0.1, 0.15) is 0 Å². The number of carbonyl (C=O) groups is 2. The number of imide groups is 1. The maximum atomic E-state index is 12.7. The standard InChI is InChI=1S/C16H19NO3/c18-15-13-9-3-4-10(12-6-11(9)12)14(13)16(19)17(15)7-8-2-1-5-20-8/h3-4,8-14H,1-2,5-7H2/t8-,9-,10+,11-,12+,13-,14+/m1/s1. The molecule has 106 valence electrons. The maximum Gasteiger partial charge on any atom is 0.233 e. The molecule has 0 spiro atoms. The Balaban J connectivity index is 1.44. The van der Waals surface area contributed by atoms with E-state index >= 15 is 0 Å². The summed E-state index contributed by atoms with van der Waals surface area (Å²) in [7, 11) is 0. The highest BCUT2D eigenvalue weighted by Gasteiger charge is 2.67. The maximum absolute atomic E-state index is 12.7. The van der Waals surface area contributed by atoms with Crippen LogP contribution in [0, 0.1) is 35.5 Å². The van der Waals surface area contributed by atoms with E-state index in [1.165, 1.54) is 11.3 Å². The molecule has 4 aliphatic carbocycles. The van der Waals surface area contributed by atoms with E-state index < -0.39 is 0 Å². The third-order valence-electron chi connectivity index (χ3n) is 6.16. The third kappa shape index (κ3) is 1.31. The highest BCUT2D eigenvalue weighted by atomic mass is 16.5. The molecule has 2 amide bonds. The Labute approximate surface area is 118 Å². The van der Waals surface area contributed by atoms with Crippen LogP contribution < -0.4 is 0 Å². The van der Waals surface area contributed by atoms with Crippen LogP contribution in [0.1, 0.15) is 19.3 Å². The van der Waals surface area contributed by atoms with Crippen molar-refractivity contribution in [1.82, 2.24) is 4.90 Å². The van der Waals surface area contributed by atoms with Crippen LogP contribution in [0.3, 0.4) is 0 Å². The van der Waals surface area contributed by atoms with Crippen molar-refractivity contribution in [3.8, 4) is 0 Å². The topological polar surface area (TPSA) is 46.6 Å². The molecule has 0 aromatic heterocycles. The largest absolute Gasteiger partial charge is 0.376 e. The average molecular weight is 273 g/mol. The zero-order chi connectivity index (χ0) is 13.4. The van der Waals surface area contributed by atoms with Gasteiger partial charge in [-0.3, -0.25) is 14.5 Å². The first-order chi connectivity index (χ1) is 9.75. The molecule has 4 heteroatoms. The van der Waals surface area contributed by atoms with Crippen LogP contribution in [-0.4, -0.2) is 36.0 Å². The van der Waals surface area contributed by atoms with E-state index in [2.05, 4.69) is 12.2 Å². The molecule has 0 aromatic rings. The normalized spacial score (nSPS) is 51.6. The zero-order valence-electron chi connectivity index (χ0n) is 11.4. The van der Waals surface area contributed by atoms with Crippen molar-refractivity contribution >= 4 is 11.8 Å². The van der Waals surface area contributed by atoms with Gasteiger partial charge in [-0.1, -0.05) is 12.2 Å². The molecule has 2 aliphatic heterocycles. The summed E-state index contributed by atoms with van der Waals surface area (Å²) in [5.74, 6) is 2.10. The Morgan fingerprint density at radius 3 is 2.30 bits per heavy atom. The van der Waals surface area contributed by atoms with Gasteiger partial charge in [0.25, 0.3) is 0 Å². The van der Waals surface area contributed by atoms with Gasteiger partial charge in [-0.25, -0.2) is 0 Å². The minimum absolute atomic E-state index is 0.0531. The number of allylic oxidation sites excluding steroid dienone is 2. The van der Waals surface area contributed by atoms with Crippen LogP contribution in [0.25, 0.3) is 0 Å². The van der Waals surface area contributed by atoms with Gasteiger partial charge in [0.05, 0.1) is 24.5 Å². The van der Waals surface area contributed by atoms with Crippen molar-refractivity contribution in [2.24, 2.45) is 35.5 Å². The number of ether oxygens (including phenoxy) is 1. The molecule has 0 N–H and O–H groups in total. The number of carbonyl (C=O) groups excluding carboxylic acids is 2. The number of amides is 2. The minimum atomic E-state index is -0.0531. The smallest absolute Gasteiger partial charge is 0.233 e. The number of hydrogen-bond acceptors (Lipinski definition) is 3. The van der Waals surface area contributed by atoms with Crippen molar-refractivity contribution < 1.29 is 14.3 Å². The van der Waals surface area contributed by atoms with Crippen molar-refractivity contribution in [3.63, 3.8) is 0 Å². The Morgan fingerprint density at radius 1 is 1.10 bits per heavy atom. The van der Waals surface area contributed by atoms with E-state index in [0.717, 1.165) is 19.4 Å². The van der Waals surface area contributed by atoms with E-state index in [4.69, 9.17) is 4.74 Å². The predicted molar refractivity (Wildman–Crippen MR) is 70.4 cm³/mol. The summed E-state index contributed by atoms with van der Waals surface area (Å²) in [6.07, 6.45) is 7.76. The van der Waals surface area contributed by atoms with Crippen molar-refractivity contribution in [3.05, 3.63) is 12.2 Å². The van der Waals surface area contributed by atoms with Crippen molar-refractivity contribution in [2.45, 2.75) is 25.4 Å². The Kier molecular flexibility index (Phi) is 2.14. The van der Waals surface area contributed by atoms with Crippen LogP contribution in [0.5, 0.6) is 0 Å². The summed E-state index contributed by atoms with van der Waals surface area (Å²) in [5.41, 5.74) is 0. The van der Waals surface area contributed by atoms with Crippen LogP contribution in [-0.2, 0) is 14.3 Å². The first kappa shape index (κ1) is 11.5. The molecule has 6 rings (SSSR count). The van der Waals surface area contributed by atoms with E-state index in [1.54, 1.807) is 0 Å².